The molecule has 2 aromatic rings. The number of likely N-dealkylation sites (tertiary alicyclic amines) is 1. The van der Waals surface area contributed by atoms with Gasteiger partial charge in [0.1, 0.15) is 6.61 Å². The van der Waals surface area contributed by atoms with Gasteiger partial charge in [0, 0.05) is 31.5 Å². The number of carboxylic acids is 1. The topological polar surface area (TPSA) is 95.9 Å². The number of nitrogens with one attached hydrogen (secondary N) is 1. The minimum absolute atomic E-state index is 0.0192. The van der Waals surface area contributed by atoms with Crippen molar-refractivity contribution in [3.63, 3.8) is 0 Å². The van der Waals surface area contributed by atoms with Gasteiger partial charge in [0.2, 0.25) is 5.91 Å². The average molecular weight is 477 g/mol. The Balaban J connectivity index is 1.17. The number of piperidine rings is 1. The summed E-state index contributed by atoms with van der Waals surface area (Å²) in [6.45, 7) is 5.24. The van der Waals surface area contributed by atoms with Crippen molar-refractivity contribution in [3.8, 4) is 11.1 Å². The summed E-state index contributed by atoms with van der Waals surface area (Å²) in [5, 5.41) is 12.2. The van der Waals surface area contributed by atoms with Gasteiger partial charge in [-0.25, -0.2) is 4.79 Å². The third-order valence-corrected chi connectivity index (χ3v) is 7.98. The van der Waals surface area contributed by atoms with Crippen molar-refractivity contribution < 1.29 is 24.2 Å². The van der Waals surface area contributed by atoms with Gasteiger partial charge in [-0.2, -0.15) is 0 Å². The fraction of sp³-hybridized carbons (Fsp3) is 0.464. The maximum absolute atomic E-state index is 13.0. The highest BCUT2D eigenvalue weighted by molar-refractivity contribution is 5.80. The van der Waals surface area contributed by atoms with Crippen molar-refractivity contribution >= 4 is 18.0 Å². The quantitative estimate of drug-likeness (QED) is 0.627. The van der Waals surface area contributed by atoms with E-state index in [9.17, 15) is 19.5 Å². The van der Waals surface area contributed by atoms with E-state index in [-0.39, 0.29) is 54.6 Å². The van der Waals surface area contributed by atoms with Gasteiger partial charge >= 0.3 is 12.1 Å². The fourth-order valence-electron chi connectivity index (χ4n) is 5.89. The minimum atomic E-state index is -0.758. The Kier molecular flexibility index (Phi) is 6.26. The number of alkyl carbamates (subject to hydrolysis) is 1. The smallest absolute Gasteiger partial charge is 0.407 e. The molecule has 7 heteroatoms. The first kappa shape index (κ1) is 23.4. The minimum Gasteiger partial charge on any atom is -0.481 e. The van der Waals surface area contributed by atoms with Crippen LogP contribution >= 0.6 is 0 Å². The Morgan fingerprint density at radius 1 is 1.03 bits per heavy atom. The molecule has 2 N–H and O–H groups in total. The third kappa shape index (κ3) is 4.51. The number of hydrogen-bond acceptors (Lipinski definition) is 4. The summed E-state index contributed by atoms with van der Waals surface area (Å²) in [4.78, 5) is 38.8. The van der Waals surface area contributed by atoms with Gasteiger partial charge in [-0.15, -0.1) is 0 Å². The molecule has 1 heterocycles. The number of benzene rings is 2. The molecule has 0 spiro atoms. The van der Waals surface area contributed by atoms with Crippen molar-refractivity contribution in [2.75, 3.05) is 19.7 Å². The number of hydrogen-bond donors (Lipinski definition) is 2. The van der Waals surface area contributed by atoms with Gasteiger partial charge in [-0.05, 0) is 46.4 Å². The van der Waals surface area contributed by atoms with Gasteiger partial charge in [0.05, 0.1) is 5.92 Å². The number of fused-ring (bicyclic) bond motifs is 4. The van der Waals surface area contributed by atoms with Crippen LogP contribution in [0.25, 0.3) is 11.1 Å². The monoisotopic (exact) mass is 476 g/mol. The molecule has 5 rings (SSSR count). The van der Waals surface area contributed by atoms with Crippen molar-refractivity contribution in [1.29, 1.82) is 0 Å². The van der Waals surface area contributed by atoms with Gasteiger partial charge < -0.3 is 20.1 Å². The molecule has 35 heavy (non-hydrogen) atoms. The lowest BCUT2D eigenvalue weighted by Crippen LogP contribution is -2.45. The molecule has 184 valence electrons. The lowest BCUT2D eigenvalue weighted by Gasteiger charge is -2.29. The average Bonchev–Trinajstić information content (AvgIpc) is 3.49. The lowest BCUT2D eigenvalue weighted by atomic mass is 9.98. The molecule has 2 amide bonds. The number of ether oxygens (including phenoxy) is 1. The third-order valence-electron chi connectivity index (χ3n) is 7.98. The first-order chi connectivity index (χ1) is 16.8. The highest BCUT2D eigenvalue weighted by Crippen LogP contribution is 2.51. The molecule has 0 bridgehead atoms. The Morgan fingerprint density at radius 2 is 1.66 bits per heavy atom. The highest BCUT2D eigenvalue weighted by atomic mass is 16.5. The molecule has 4 atom stereocenters. The normalized spacial score (nSPS) is 23.2. The van der Waals surface area contributed by atoms with E-state index in [0.29, 0.717) is 13.1 Å². The van der Waals surface area contributed by atoms with Gasteiger partial charge in [0.25, 0.3) is 0 Å². The van der Waals surface area contributed by atoms with Crippen molar-refractivity contribution in [2.45, 2.75) is 38.6 Å². The molecule has 1 saturated heterocycles. The SMILES string of the molecule is CC(C)[C@@H](CC(=O)N1CCC2C(C1)C2C(=O)O)NC(=O)OCC1c2ccccc2-c2ccccc21. The van der Waals surface area contributed by atoms with E-state index in [1.165, 1.54) is 11.1 Å². The number of rotatable bonds is 7. The Bertz CT molecular complexity index is 1100. The molecule has 7 nitrogen and oxygen atoms in total. The summed E-state index contributed by atoms with van der Waals surface area (Å²) in [7, 11) is 0. The number of carboxylic acid groups (broad SMARTS) is 1. The van der Waals surface area contributed by atoms with Crippen LogP contribution in [0.3, 0.4) is 0 Å². The Labute approximate surface area is 205 Å². The van der Waals surface area contributed by atoms with Crippen LogP contribution in [0.4, 0.5) is 4.79 Å². The molecule has 0 aromatic heterocycles. The van der Waals surface area contributed by atoms with Crippen LogP contribution in [-0.4, -0.2) is 53.7 Å². The second-order valence-corrected chi connectivity index (χ2v) is 10.3. The zero-order valence-electron chi connectivity index (χ0n) is 20.1. The van der Waals surface area contributed by atoms with E-state index >= 15 is 0 Å². The summed E-state index contributed by atoms with van der Waals surface area (Å²) in [5.41, 5.74) is 4.65. The largest absolute Gasteiger partial charge is 0.481 e. The zero-order valence-corrected chi connectivity index (χ0v) is 20.1. The molecular formula is C28H32N2O5. The second-order valence-electron chi connectivity index (χ2n) is 10.3. The van der Waals surface area contributed by atoms with E-state index in [1.807, 2.05) is 38.1 Å². The summed E-state index contributed by atoms with van der Waals surface area (Å²) < 4.78 is 5.67. The molecule has 3 unspecified atom stereocenters. The van der Waals surface area contributed by atoms with Gasteiger partial charge in [0.15, 0.2) is 0 Å². The first-order valence-electron chi connectivity index (χ1n) is 12.5. The fourth-order valence-corrected chi connectivity index (χ4v) is 5.89. The summed E-state index contributed by atoms with van der Waals surface area (Å²) in [6, 6.07) is 16.0. The van der Waals surface area contributed by atoms with Crippen LogP contribution in [0.1, 0.15) is 43.7 Å². The number of amides is 2. The number of nitrogens with zero attached hydrogens (tertiary/aromatic N) is 1. The Hall–Kier alpha value is -3.35. The maximum Gasteiger partial charge on any atom is 0.407 e. The summed E-state index contributed by atoms with van der Waals surface area (Å²) in [5.74, 6) is -0.816. The predicted molar refractivity (Wildman–Crippen MR) is 131 cm³/mol. The molecule has 2 aliphatic carbocycles. The van der Waals surface area contributed by atoms with E-state index in [0.717, 1.165) is 17.5 Å². The number of carbonyl (C=O) groups is 3. The van der Waals surface area contributed by atoms with E-state index in [2.05, 4.69) is 29.6 Å². The van der Waals surface area contributed by atoms with Gasteiger partial charge in [-0.3, -0.25) is 9.59 Å². The van der Waals surface area contributed by atoms with Crippen LogP contribution in [0.5, 0.6) is 0 Å². The van der Waals surface area contributed by atoms with E-state index < -0.39 is 12.1 Å². The molecule has 1 saturated carbocycles. The van der Waals surface area contributed by atoms with Crippen LogP contribution in [0.2, 0.25) is 0 Å². The maximum atomic E-state index is 13.0. The van der Waals surface area contributed by atoms with Crippen molar-refractivity contribution in [2.24, 2.45) is 23.7 Å². The van der Waals surface area contributed by atoms with Crippen LogP contribution in [-0.2, 0) is 14.3 Å². The van der Waals surface area contributed by atoms with Crippen LogP contribution < -0.4 is 5.32 Å². The second kappa shape index (κ2) is 9.36. The molecule has 1 aliphatic heterocycles. The van der Waals surface area contributed by atoms with Crippen LogP contribution in [0.15, 0.2) is 48.5 Å². The summed E-state index contributed by atoms with van der Waals surface area (Å²) >= 11 is 0. The number of aliphatic carboxylic acids is 1. The van der Waals surface area contributed by atoms with Gasteiger partial charge in [-0.1, -0.05) is 62.4 Å². The molecule has 2 fully saturated rings. The van der Waals surface area contributed by atoms with E-state index in [1.54, 1.807) is 4.90 Å². The standard InChI is InChI=1S/C28H32N2O5/c1-16(2)24(13-25(31)30-12-11-21-22(14-30)26(21)27(32)33)29-28(34)35-15-23-19-9-5-3-7-17(19)18-8-4-6-10-20(18)23/h3-10,16,21-24,26H,11-15H2,1-2H3,(H,29,34)(H,32,33)/t21?,22?,24-,26?/m1/s1. The Morgan fingerprint density at radius 3 is 2.26 bits per heavy atom. The van der Waals surface area contributed by atoms with E-state index in [4.69, 9.17) is 4.74 Å². The summed E-state index contributed by atoms with van der Waals surface area (Å²) in [6.07, 6.45) is 0.390. The predicted octanol–water partition coefficient (Wildman–Crippen LogP) is 4.12. The first-order valence-corrected chi connectivity index (χ1v) is 12.5. The van der Waals surface area contributed by atoms with Crippen molar-refractivity contribution in [3.05, 3.63) is 59.7 Å². The highest BCUT2D eigenvalue weighted by Gasteiger charge is 2.57. The lowest BCUT2D eigenvalue weighted by molar-refractivity contribution is -0.139. The number of carbonyl (C=O) groups excluding carboxylic acids is 2. The van der Waals surface area contributed by atoms with Crippen LogP contribution in [0, 0.1) is 23.7 Å². The molecular weight excluding hydrogens is 444 g/mol. The molecule has 2 aromatic carbocycles. The zero-order chi connectivity index (χ0) is 24.7. The van der Waals surface area contributed by atoms with Crippen molar-refractivity contribution in [1.82, 2.24) is 10.2 Å². The molecule has 3 aliphatic rings. The molecule has 0 radical (unpaired) electrons.